The van der Waals surface area contributed by atoms with Crippen LogP contribution in [0.25, 0.3) is 0 Å². The number of carbonyl (C=O) groups is 2. The number of amides is 3. The van der Waals surface area contributed by atoms with E-state index in [-0.39, 0.29) is 5.91 Å². The molecule has 0 bridgehead atoms. The first-order chi connectivity index (χ1) is 11.6. The van der Waals surface area contributed by atoms with Gasteiger partial charge in [0, 0.05) is 18.7 Å². The molecule has 3 amide bonds. The maximum atomic E-state index is 12.1. The van der Waals surface area contributed by atoms with Gasteiger partial charge in [0.05, 0.1) is 7.11 Å². The number of carbonyl (C=O) groups excluding carboxylic acids is 2. The van der Waals surface area contributed by atoms with E-state index in [2.05, 4.69) is 10.6 Å². The number of nitrogens with two attached hydrogens (primary N) is 1. The largest absolute Gasteiger partial charge is 0.497 e. The smallest absolute Gasteiger partial charge is 0.312 e. The number of benzene rings is 2. The van der Waals surface area contributed by atoms with Crippen LogP contribution in [-0.2, 0) is 13.0 Å². The molecule has 2 aromatic carbocycles. The van der Waals surface area contributed by atoms with Gasteiger partial charge in [0.1, 0.15) is 5.75 Å². The van der Waals surface area contributed by atoms with Crippen molar-refractivity contribution in [3.05, 3.63) is 65.2 Å². The number of rotatable bonds is 7. The van der Waals surface area contributed by atoms with Crippen molar-refractivity contribution in [3.63, 3.8) is 0 Å². The molecule has 6 heteroatoms. The van der Waals surface area contributed by atoms with Crippen molar-refractivity contribution in [2.24, 2.45) is 5.73 Å². The fraction of sp³-hybridized carbons (Fsp3) is 0.222. The lowest BCUT2D eigenvalue weighted by atomic mass is 10.1. The number of hydrogen-bond acceptors (Lipinski definition) is 3. The molecule has 0 spiro atoms. The molecule has 0 heterocycles. The van der Waals surface area contributed by atoms with E-state index in [9.17, 15) is 9.59 Å². The number of primary amides is 1. The van der Waals surface area contributed by atoms with Gasteiger partial charge >= 0.3 is 6.03 Å². The summed E-state index contributed by atoms with van der Waals surface area (Å²) >= 11 is 0. The van der Waals surface area contributed by atoms with Crippen LogP contribution in [0.2, 0.25) is 0 Å². The number of urea groups is 1. The minimum absolute atomic E-state index is 0.127. The molecule has 0 aromatic heterocycles. The molecule has 0 saturated heterocycles. The van der Waals surface area contributed by atoms with Crippen molar-refractivity contribution in [1.82, 2.24) is 10.6 Å². The van der Waals surface area contributed by atoms with E-state index >= 15 is 0 Å². The first-order valence-electron chi connectivity index (χ1n) is 7.62. The third kappa shape index (κ3) is 5.31. The molecular weight excluding hydrogens is 306 g/mol. The molecule has 0 atom stereocenters. The summed E-state index contributed by atoms with van der Waals surface area (Å²) in [6, 6.07) is 14.2. The monoisotopic (exact) mass is 327 g/mol. The number of ether oxygens (including phenoxy) is 1. The van der Waals surface area contributed by atoms with Gasteiger partial charge in [-0.05, 0) is 41.8 Å². The summed E-state index contributed by atoms with van der Waals surface area (Å²) in [7, 11) is 1.63. The Hall–Kier alpha value is -3.02. The normalized spacial score (nSPS) is 10.0. The van der Waals surface area contributed by atoms with Crippen molar-refractivity contribution in [3.8, 4) is 5.75 Å². The summed E-state index contributed by atoms with van der Waals surface area (Å²) in [5.74, 6) is 0.687. The molecule has 6 nitrogen and oxygen atoms in total. The Bertz CT molecular complexity index is 682. The zero-order valence-corrected chi connectivity index (χ0v) is 13.5. The Morgan fingerprint density at radius 3 is 2.17 bits per heavy atom. The number of methoxy groups -OCH3 is 1. The Kier molecular flexibility index (Phi) is 6.19. The van der Waals surface area contributed by atoms with Crippen molar-refractivity contribution in [1.29, 1.82) is 0 Å². The summed E-state index contributed by atoms with van der Waals surface area (Å²) in [6.07, 6.45) is 0.746. The summed E-state index contributed by atoms with van der Waals surface area (Å²) < 4.78 is 5.11. The molecular formula is C18H21N3O3. The van der Waals surface area contributed by atoms with E-state index in [1.807, 2.05) is 24.3 Å². The number of hydrogen-bond donors (Lipinski definition) is 3. The summed E-state index contributed by atoms with van der Waals surface area (Å²) in [5.41, 5.74) is 7.60. The Labute approximate surface area is 141 Å². The fourth-order valence-electron chi connectivity index (χ4n) is 2.18. The SMILES string of the molecule is COc1ccc(CCNC(=O)c2ccc(CNC(N)=O)cc2)cc1. The Morgan fingerprint density at radius 2 is 1.58 bits per heavy atom. The van der Waals surface area contributed by atoms with E-state index < -0.39 is 6.03 Å². The molecule has 0 radical (unpaired) electrons. The van der Waals surface area contributed by atoms with Crippen molar-refractivity contribution >= 4 is 11.9 Å². The van der Waals surface area contributed by atoms with Crippen molar-refractivity contribution < 1.29 is 14.3 Å². The van der Waals surface area contributed by atoms with Gasteiger partial charge in [0.25, 0.3) is 5.91 Å². The lowest BCUT2D eigenvalue weighted by Gasteiger charge is -2.07. The highest BCUT2D eigenvalue weighted by Gasteiger charge is 2.05. The van der Waals surface area contributed by atoms with Gasteiger partial charge in [0.2, 0.25) is 0 Å². The summed E-state index contributed by atoms with van der Waals surface area (Å²) in [4.78, 5) is 22.8. The highest BCUT2D eigenvalue weighted by molar-refractivity contribution is 5.94. The first-order valence-corrected chi connectivity index (χ1v) is 7.62. The van der Waals surface area contributed by atoms with Crippen LogP contribution >= 0.6 is 0 Å². The van der Waals surface area contributed by atoms with Gasteiger partial charge in [-0.25, -0.2) is 4.79 Å². The second-order valence-corrected chi connectivity index (χ2v) is 5.27. The maximum Gasteiger partial charge on any atom is 0.312 e. The van der Waals surface area contributed by atoms with Gasteiger partial charge in [-0.1, -0.05) is 24.3 Å². The molecule has 0 aliphatic heterocycles. The van der Waals surface area contributed by atoms with Crippen molar-refractivity contribution in [2.45, 2.75) is 13.0 Å². The predicted octanol–water partition coefficient (Wildman–Crippen LogP) is 1.84. The van der Waals surface area contributed by atoms with Crippen LogP contribution in [0, 0.1) is 0 Å². The topological polar surface area (TPSA) is 93.4 Å². The van der Waals surface area contributed by atoms with E-state index in [0.717, 1.165) is 23.3 Å². The average molecular weight is 327 g/mol. The third-order valence-electron chi connectivity index (χ3n) is 3.54. The molecule has 0 aliphatic rings. The predicted molar refractivity (Wildman–Crippen MR) is 91.9 cm³/mol. The highest BCUT2D eigenvalue weighted by atomic mass is 16.5. The standard InChI is InChI=1S/C18H21N3O3/c1-24-16-8-4-13(5-9-16)10-11-20-17(22)15-6-2-14(3-7-15)12-21-18(19)23/h2-9H,10-12H2,1H3,(H,20,22)(H3,19,21,23). The van der Waals surface area contributed by atoms with Gasteiger partial charge in [0.15, 0.2) is 0 Å². The van der Waals surface area contributed by atoms with Crippen LogP contribution in [0.3, 0.4) is 0 Å². The fourth-order valence-corrected chi connectivity index (χ4v) is 2.18. The first kappa shape index (κ1) is 17.3. The number of nitrogens with one attached hydrogen (secondary N) is 2. The molecule has 0 saturated carbocycles. The van der Waals surface area contributed by atoms with Crippen LogP contribution in [0.15, 0.2) is 48.5 Å². The zero-order chi connectivity index (χ0) is 17.4. The van der Waals surface area contributed by atoms with Gasteiger partial charge < -0.3 is 21.1 Å². The third-order valence-corrected chi connectivity index (χ3v) is 3.54. The lowest BCUT2D eigenvalue weighted by Crippen LogP contribution is -2.28. The maximum absolute atomic E-state index is 12.1. The Balaban J connectivity index is 1.80. The van der Waals surface area contributed by atoms with E-state index in [1.54, 1.807) is 31.4 Å². The van der Waals surface area contributed by atoms with Crippen molar-refractivity contribution in [2.75, 3.05) is 13.7 Å². The van der Waals surface area contributed by atoms with E-state index in [1.165, 1.54) is 0 Å². The van der Waals surface area contributed by atoms with E-state index in [4.69, 9.17) is 10.5 Å². The van der Waals surface area contributed by atoms with Crippen LogP contribution in [0.1, 0.15) is 21.5 Å². The van der Waals surface area contributed by atoms with E-state index in [0.29, 0.717) is 18.7 Å². The summed E-state index contributed by atoms with van der Waals surface area (Å²) in [6.45, 7) is 0.894. The van der Waals surface area contributed by atoms with Gasteiger partial charge in [-0.15, -0.1) is 0 Å². The average Bonchev–Trinajstić information content (AvgIpc) is 2.61. The van der Waals surface area contributed by atoms with Crippen LogP contribution in [-0.4, -0.2) is 25.6 Å². The molecule has 0 aliphatic carbocycles. The highest BCUT2D eigenvalue weighted by Crippen LogP contribution is 2.11. The lowest BCUT2D eigenvalue weighted by molar-refractivity contribution is 0.0954. The molecule has 24 heavy (non-hydrogen) atoms. The second kappa shape index (κ2) is 8.57. The minimum atomic E-state index is -0.574. The zero-order valence-electron chi connectivity index (χ0n) is 13.5. The van der Waals surface area contributed by atoms with Crippen LogP contribution in [0.4, 0.5) is 4.79 Å². The minimum Gasteiger partial charge on any atom is -0.497 e. The quantitative estimate of drug-likeness (QED) is 0.724. The van der Waals surface area contributed by atoms with Gasteiger partial charge in [-0.3, -0.25) is 4.79 Å². The molecule has 4 N–H and O–H groups in total. The Morgan fingerprint density at radius 1 is 0.958 bits per heavy atom. The molecule has 126 valence electrons. The molecule has 2 rings (SSSR count). The van der Waals surface area contributed by atoms with Crippen LogP contribution < -0.4 is 21.1 Å². The summed E-state index contributed by atoms with van der Waals surface area (Å²) in [5, 5.41) is 5.39. The molecule has 2 aromatic rings. The molecule has 0 unspecified atom stereocenters. The van der Waals surface area contributed by atoms with Crippen LogP contribution in [0.5, 0.6) is 5.75 Å². The van der Waals surface area contributed by atoms with Gasteiger partial charge in [-0.2, -0.15) is 0 Å². The second-order valence-electron chi connectivity index (χ2n) is 5.27. The molecule has 0 fully saturated rings.